The van der Waals surface area contributed by atoms with E-state index in [9.17, 15) is 18.3 Å². The van der Waals surface area contributed by atoms with E-state index in [0.717, 1.165) is 19.5 Å². The number of hydrogen-bond acceptors (Lipinski definition) is 6. The Labute approximate surface area is 170 Å². The molecule has 2 heterocycles. The van der Waals surface area contributed by atoms with Crippen molar-refractivity contribution in [3.8, 4) is 11.4 Å². The summed E-state index contributed by atoms with van der Waals surface area (Å²) in [5.41, 5.74) is 1.82. The van der Waals surface area contributed by atoms with Crippen molar-refractivity contribution in [2.24, 2.45) is 0 Å². The molecule has 0 bridgehead atoms. The van der Waals surface area contributed by atoms with Crippen molar-refractivity contribution in [2.45, 2.75) is 31.1 Å². The summed E-state index contributed by atoms with van der Waals surface area (Å²) < 4.78 is 40.0. The fourth-order valence-corrected chi connectivity index (χ4v) is 3.78. The Balaban J connectivity index is 1.54. The van der Waals surface area contributed by atoms with E-state index in [4.69, 9.17) is 0 Å². The molecule has 0 saturated carbocycles. The molecule has 1 aliphatic rings. The van der Waals surface area contributed by atoms with Gasteiger partial charge in [0, 0.05) is 30.6 Å². The number of aromatic hydroxyl groups is 1. The third kappa shape index (κ3) is 4.29. The summed E-state index contributed by atoms with van der Waals surface area (Å²) in [6.07, 6.45) is -3.79. The van der Waals surface area contributed by atoms with Gasteiger partial charge in [-0.25, -0.2) is 0 Å². The third-order valence-electron chi connectivity index (χ3n) is 5.30. The molecule has 1 aliphatic heterocycles. The normalized spacial score (nSPS) is 19.7. The first-order valence-electron chi connectivity index (χ1n) is 9.60. The maximum absolute atomic E-state index is 13.1. The average molecular weight is 418 g/mol. The van der Waals surface area contributed by atoms with Crippen molar-refractivity contribution in [1.29, 1.82) is 0 Å². The summed E-state index contributed by atoms with van der Waals surface area (Å²) in [4.78, 5) is 0. The average Bonchev–Trinajstić information content (AvgIpc) is 3.25. The second-order valence-corrected chi connectivity index (χ2v) is 7.22. The lowest BCUT2D eigenvalue weighted by Gasteiger charge is -2.33. The van der Waals surface area contributed by atoms with Gasteiger partial charge in [-0.3, -0.25) is 0 Å². The highest BCUT2D eigenvalue weighted by Crippen LogP contribution is 2.30. The van der Waals surface area contributed by atoms with Gasteiger partial charge in [-0.2, -0.15) is 17.9 Å². The van der Waals surface area contributed by atoms with Gasteiger partial charge in [-0.15, -0.1) is 5.10 Å². The zero-order valence-electron chi connectivity index (χ0n) is 16.0. The summed E-state index contributed by atoms with van der Waals surface area (Å²) in [6.45, 7) is 2.00. The standard InChI is InChI=1S/C20H21F3N6O/c21-20(22,23)19-26-27-28-29(19)15-6-7-18(30)14(10-15)11-25-17-8-9-24-12-16(17)13-4-2-1-3-5-13/h1-7,10,16-17,24-25,30H,8-9,11-12H2. The van der Waals surface area contributed by atoms with Gasteiger partial charge in [-0.05, 0) is 47.2 Å². The zero-order valence-corrected chi connectivity index (χ0v) is 16.0. The van der Waals surface area contributed by atoms with Gasteiger partial charge in [0.15, 0.2) is 0 Å². The second-order valence-electron chi connectivity index (χ2n) is 7.22. The minimum atomic E-state index is -4.68. The van der Waals surface area contributed by atoms with Crippen molar-refractivity contribution in [3.63, 3.8) is 0 Å². The number of hydrogen-bond donors (Lipinski definition) is 3. The quantitative estimate of drug-likeness (QED) is 0.591. The Bertz CT molecular complexity index is 992. The highest BCUT2D eigenvalue weighted by molar-refractivity contribution is 5.43. The van der Waals surface area contributed by atoms with Crippen LogP contribution >= 0.6 is 0 Å². The number of tetrazole rings is 1. The predicted octanol–water partition coefficient (Wildman–Crippen LogP) is 2.62. The van der Waals surface area contributed by atoms with Crippen LogP contribution in [0.3, 0.4) is 0 Å². The van der Waals surface area contributed by atoms with Gasteiger partial charge < -0.3 is 15.7 Å². The molecular weight excluding hydrogens is 397 g/mol. The van der Waals surface area contributed by atoms with E-state index in [-0.39, 0.29) is 23.4 Å². The SMILES string of the molecule is Oc1ccc(-n2nnnc2C(F)(F)F)cc1CNC1CCNCC1c1ccccc1. The highest BCUT2D eigenvalue weighted by Gasteiger charge is 2.38. The minimum absolute atomic E-state index is 0.00178. The number of phenols is 1. The van der Waals surface area contributed by atoms with Crippen LogP contribution in [-0.2, 0) is 12.7 Å². The molecular formula is C20H21F3N6O. The number of alkyl halides is 3. The van der Waals surface area contributed by atoms with E-state index in [2.05, 4.69) is 38.3 Å². The van der Waals surface area contributed by atoms with Crippen LogP contribution in [0, 0.1) is 0 Å². The number of benzene rings is 2. The van der Waals surface area contributed by atoms with Crippen LogP contribution in [0.5, 0.6) is 5.75 Å². The molecule has 0 spiro atoms. The van der Waals surface area contributed by atoms with E-state index in [1.165, 1.54) is 23.8 Å². The first-order valence-corrected chi connectivity index (χ1v) is 9.60. The summed E-state index contributed by atoms with van der Waals surface area (Å²) in [5.74, 6) is -0.964. The minimum Gasteiger partial charge on any atom is -0.508 e. The molecule has 4 rings (SSSR count). The number of piperidine rings is 1. The molecule has 1 fully saturated rings. The van der Waals surface area contributed by atoms with Crippen molar-refractivity contribution in [3.05, 3.63) is 65.5 Å². The van der Waals surface area contributed by atoms with E-state index in [1.54, 1.807) is 0 Å². The first-order chi connectivity index (χ1) is 14.4. The van der Waals surface area contributed by atoms with Gasteiger partial charge >= 0.3 is 6.18 Å². The zero-order chi connectivity index (χ0) is 21.1. The molecule has 2 unspecified atom stereocenters. The summed E-state index contributed by atoms with van der Waals surface area (Å²) >= 11 is 0. The van der Waals surface area contributed by atoms with E-state index >= 15 is 0 Å². The third-order valence-corrected chi connectivity index (χ3v) is 5.30. The van der Waals surface area contributed by atoms with Crippen LogP contribution in [-0.4, -0.2) is 44.4 Å². The molecule has 10 heteroatoms. The number of nitrogens with one attached hydrogen (secondary N) is 2. The monoisotopic (exact) mass is 418 g/mol. The predicted molar refractivity (Wildman–Crippen MR) is 103 cm³/mol. The maximum Gasteiger partial charge on any atom is 0.453 e. The Morgan fingerprint density at radius 1 is 1.17 bits per heavy atom. The Morgan fingerprint density at radius 3 is 2.73 bits per heavy atom. The molecule has 2 aromatic carbocycles. The van der Waals surface area contributed by atoms with Gasteiger partial charge in [0.2, 0.25) is 0 Å². The lowest BCUT2D eigenvalue weighted by atomic mass is 9.87. The van der Waals surface area contributed by atoms with Gasteiger partial charge in [-0.1, -0.05) is 30.3 Å². The fraction of sp³-hybridized carbons (Fsp3) is 0.350. The first kappa shape index (κ1) is 20.3. The molecule has 1 saturated heterocycles. The number of aromatic nitrogens is 4. The lowest BCUT2D eigenvalue weighted by molar-refractivity contribution is -0.146. The molecule has 7 nitrogen and oxygen atoms in total. The number of halogens is 3. The lowest BCUT2D eigenvalue weighted by Crippen LogP contribution is -2.45. The number of nitrogens with zero attached hydrogens (tertiary/aromatic N) is 4. The van der Waals surface area contributed by atoms with Crippen molar-refractivity contribution in [2.75, 3.05) is 13.1 Å². The van der Waals surface area contributed by atoms with Crippen LogP contribution in [0.2, 0.25) is 0 Å². The molecule has 3 N–H and O–H groups in total. The Hall–Kier alpha value is -2.98. The summed E-state index contributed by atoms with van der Waals surface area (Å²) in [6, 6.07) is 14.5. The van der Waals surface area contributed by atoms with Gasteiger partial charge in [0.05, 0.1) is 5.69 Å². The van der Waals surface area contributed by atoms with Crippen molar-refractivity contribution < 1.29 is 18.3 Å². The smallest absolute Gasteiger partial charge is 0.453 e. The second kappa shape index (κ2) is 8.41. The highest BCUT2D eigenvalue weighted by atomic mass is 19.4. The van der Waals surface area contributed by atoms with E-state index in [0.29, 0.717) is 16.8 Å². The Kier molecular flexibility index (Phi) is 5.69. The molecule has 0 radical (unpaired) electrons. The maximum atomic E-state index is 13.1. The summed E-state index contributed by atoms with van der Waals surface area (Å²) in [5, 5.41) is 26.8. The molecule has 158 valence electrons. The van der Waals surface area contributed by atoms with Gasteiger partial charge in [0.25, 0.3) is 5.82 Å². The molecule has 2 atom stereocenters. The van der Waals surface area contributed by atoms with Crippen LogP contribution in [0.25, 0.3) is 5.69 Å². The molecule has 30 heavy (non-hydrogen) atoms. The largest absolute Gasteiger partial charge is 0.508 e. The van der Waals surface area contributed by atoms with Crippen LogP contribution in [0.1, 0.15) is 29.3 Å². The molecule has 0 aliphatic carbocycles. The number of phenolic OH excluding ortho intramolecular Hbond substituents is 1. The molecule has 1 aromatic heterocycles. The van der Waals surface area contributed by atoms with Gasteiger partial charge in [0.1, 0.15) is 5.75 Å². The van der Waals surface area contributed by atoms with Crippen molar-refractivity contribution >= 4 is 0 Å². The summed E-state index contributed by atoms with van der Waals surface area (Å²) in [7, 11) is 0. The molecule has 0 amide bonds. The fourth-order valence-electron chi connectivity index (χ4n) is 3.78. The molecule has 3 aromatic rings. The van der Waals surface area contributed by atoms with E-state index in [1.807, 2.05) is 18.2 Å². The van der Waals surface area contributed by atoms with E-state index < -0.39 is 12.0 Å². The number of rotatable bonds is 5. The van der Waals surface area contributed by atoms with Crippen LogP contribution < -0.4 is 10.6 Å². The Morgan fingerprint density at radius 2 is 1.97 bits per heavy atom. The topological polar surface area (TPSA) is 87.9 Å². The van der Waals surface area contributed by atoms with Crippen molar-refractivity contribution in [1.82, 2.24) is 30.8 Å². The van der Waals surface area contributed by atoms with Crippen LogP contribution in [0.15, 0.2) is 48.5 Å². The van der Waals surface area contributed by atoms with Crippen LogP contribution in [0.4, 0.5) is 13.2 Å².